The van der Waals surface area contributed by atoms with E-state index in [1.165, 1.54) is 31.5 Å². The zero-order valence-electron chi connectivity index (χ0n) is 12.0. The maximum Gasteiger partial charge on any atom is 0.0705 e. The summed E-state index contributed by atoms with van der Waals surface area (Å²) in [7, 11) is 0. The summed E-state index contributed by atoms with van der Waals surface area (Å²) in [6, 6.07) is 14.0. The van der Waals surface area contributed by atoms with Gasteiger partial charge in [-0.25, -0.2) is 0 Å². The number of hydrogen-bond donors (Lipinski definition) is 0. The van der Waals surface area contributed by atoms with Gasteiger partial charge in [0.2, 0.25) is 0 Å². The van der Waals surface area contributed by atoms with E-state index in [1.807, 2.05) is 30.5 Å². The third-order valence-corrected chi connectivity index (χ3v) is 4.10. The molecule has 1 fully saturated rings. The van der Waals surface area contributed by atoms with Crippen molar-refractivity contribution < 1.29 is 0 Å². The van der Waals surface area contributed by atoms with Gasteiger partial charge in [-0.15, -0.1) is 0 Å². The standard InChI is InChI=1S/C18H19ClN2/c19-16-8-6-15(7-9-16)17(18-5-1-2-11-20-18)10-14-21-12-3-4-13-21/h1-2,5-11H,3-4,12-14H2. The molecule has 2 heterocycles. The average molecular weight is 299 g/mol. The average Bonchev–Trinajstić information content (AvgIpc) is 3.04. The van der Waals surface area contributed by atoms with E-state index in [0.29, 0.717) is 0 Å². The molecule has 1 saturated heterocycles. The van der Waals surface area contributed by atoms with Crippen molar-refractivity contribution in [1.82, 2.24) is 9.88 Å². The number of rotatable bonds is 4. The van der Waals surface area contributed by atoms with Crippen molar-refractivity contribution in [2.24, 2.45) is 0 Å². The second kappa shape index (κ2) is 6.88. The van der Waals surface area contributed by atoms with Crippen LogP contribution in [0.2, 0.25) is 5.02 Å². The van der Waals surface area contributed by atoms with Gasteiger partial charge in [-0.1, -0.05) is 35.9 Å². The monoisotopic (exact) mass is 298 g/mol. The fourth-order valence-corrected chi connectivity index (χ4v) is 2.83. The summed E-state index contributed by atoms with van der Waals surface area (Å²) in [5.41, 5.74) is 3.36. The maximum absolute atomic E-state index is 6.00. The maximum atomic E-state index is 6.00. The van der Waals surface area contributed by atoms with Crippen molar-refractivity contribution in [3.05, 3.63) is 71.0 Å². The molecule has 0 radical (unpaired) electrons. The number of halogens is 1. The molecule has 0 aliphatic carbocycles. The van der Waals surface area contributed by atoms with Gasteiger partial charge < -0.3 is 0 Å². The fraction of sp³-hybridized carbons (Fsp3) is 0.278. The highest BCUT2D eigenvalue weighted by Crippen LogP contribution is 2.23. The molecule has 2 aromatic rings. The van der Waals surface area contributed by atoms with Crippen LogP contribution in [0.5, 0.6) is 0 Å². The lowest BCUT2D eigenvalue weighted by Gasteiger charge is -2.14. The minimum atomic E-state index is 0.763. The highest BCUT2D eigenvalue weighted by atomic mass is 35.5. The van der Waals surface area contributed by atoms with Gasteiger partial charge >= 0.3 is 0 Å². The molecular weight excluding hydrogens is 280 g/mol. The molecular formula is C18H19ClN2. The highest BCUT2D eigenvalue weighted by Gasteiger charge is 2.11. The Morgan fingerprint density at radius 3 is 2.52 bits per heavy atom. The Labute approximate surface area is 131 Å². The number of benzene rings is 1. The van der Waals surface area contributed by atoms with Gasteiger partial charge in [0.15, 0.2) is 0 Å². The van der Waals surface area contributed by atoms with Crippen LogP contribution in [-0.2, 0) is 0 Å². The lowest BCUT2D eigenvalue weighted by molar-refractivity contribution is 0.377. The van der Waals surface area contributed by atoms with Crippen molar-refractivity contribution in [3.63, 3.8) is 0 Å². The SMILES string of the molecule is Clc1ccc(C(=CCN2CCCC2)c2ccccn2)cc1. The van der Waals surface area contributed by atoms with Crippen molar-refractivity contribution >= 4 is 17.2 Å². The van der Waals surface area contributed by atoms with Crippen LogP contribution in [0.25, 0.3) is 5.57 Å². The number of nitrogens with zero attached hydrogens (tertiary/aromatic N) is 2. The Balaban J connectivity index is 1.90. The van der Waals surface area contributed by atoms with Crippen LogP contribution in [0.4, 0.5) is 0 Å². The molecule has 21 heavy (non-hydrogen) atoms. The Morgan fingerprint density at radius 2 is 1.86 bits per heavy atom. The number of hydrogen-bond acceptors (Lipinski definition) is 2. The topological polar surface area (TPSA) is 16.1 Å². The number of pyridine rings is 1. The number of likely N-dealkylation sites (tertiary alicyclic amines) is 1. The summed E-state index contributed by atoms with van der Waals surface area (Å²) in [4.78, 5) is 6.99. The zero-order chi connectivity index (χ0) is 14.5. The van der Waals surface area contributed by atoms with Gasteiger partial charge in [0.25, 0.3) is 0 Å². The summed E-state index contributed by atoms with van der Waals surface area (Å²) in [6.07, 6.45) is 6.76. The molecule has 1 aliphatic rings. The van der Waals surface area contributed by atoms with Crippen molar-refractivity contribution in [1.29, 1.82) is 0 Å². The third kappa shape index (κ3) is 3.72. The summed E-state index contributed by atoms with van der Waals surface area (Å²) in [5.74, 6) is 0. The van der Waals surface area contributed by atoms with E-state index < -0.39 is 0 Å². The van der Waals surface area contributed by atoms with E-state index in [-0.39, 0.29) is 0 Å². The summed E-state index contributed by atoms with van der Waals surface area (Å²) in [5, 5.41) is 0.763. The van der Waals surface area contributed by atoms with Crippen LogP contribution in [-0.4, -0.2) is 29.5 Å². The van der Waals surface area contributed by atoms with Gasteiger partial charge in [-0.3, -0.25) is 9.88 Å². The Hall–Kier alpha value is -1.64. The second-order valence-electron chi connectivity index (χ2n) is 5.35. The molecule has 2 nitrogen and oxygen atoms in total. The quantitative estimate of drug-likeness (QED) is 0.838. The molecule has 3 rings (SSSR count). The first-order chi connectivity index (χ1) is 10.3. The first-order valence-electron chi connectivity index (χ1n) is 7.43. The molecule has 0 N–H and O–H groups in total. The van der Waals surface area contributed by atoms with Crippen LogP contribution >= 0.6 is 11.6 Å². The minimum absolute atomic E-state index is 0.763. The van der Waals surface area contributed by atoms with Gasteiger partial charge in [0, 0.05) is 23.3 Å². The van der Waals surface area contributed by atoms with Crippen LogP contribution in [0.1, 0.15) is 24.1 Å². The van der Waals surface area contributed by atoms with Crippen LogP contribution in [0, 0.1) is 0 Å². The molecule has 0 unspecified atom stereocenters. The molecule has 0 amide bonds. The van der Waals surface area contributed by atoms with Crippen LogP contribution < -0.4 is 0 Å². The third-order valence-electron chi connectivity index (χ3n) is 3.85. The normalized spacial score (nSPS) is 16.3. The molecule has 1 aromatic carbocycles. The lowest BCUT2D eigenvalue weighted by Crippen LogP contribution is -2.19. The highest BCUT2D eigenvalue weighted by molar-refractivity contribution is 6.30. The van der Waals surface area contributed by atoms with E-state index in [9.17, 15) is 0 Å². The lowest BCUT2D eigenvalue weighted by atomic mass is 10.0. The summed E-state index contributed by atoms with van der Waals surface area (Å²) < 4.78 is 0. The summed E-state index contributed by atoms with van der Waals surface area (Å²) >= 11 is 6.00. The largest absolute Gasteiger partial charge is 0.300 e. The predicted octanol–water partition coefficient (Wildman–Crippen LogP) is 4.26. The Bertz CT molecular complexity index is 599. The fourth-order valence-electron chi connectivity index (χ4n) is 2.71. The van der Waals surface area contributed by atoms with Crippen LogP contribution in [0.15, 0.2) is 54.7 Å². The first-order valence-corrected chi connectivity index (χ1v) is 7.80. The smallest absolute Gasteiger partial charge is 0.0705 e. The second-order valence-corrected chi connectivity index (χ2v) is 5.78. The minimum Gasteiger partial charge on any atom is -0.300 e. The molecule has 1 aromatic heterocycles. The van der Waals surface area contributed by atoms with Crippen molar-refractivity contribution in [2.45, 2.75) is 12.8 Å². The number of aromatic nitrogens is 1. The Morgan fingerprint density at radius 1 is 1.10 bits per heavy atom. The zero-order valence-corrected chi connectivity index (χ0v) is 12.8. The molecule has 108 valence electrons. The molecule has 0 saturated carbocycles. The molecule has 0 spiro atoms. The van der Waals surface area contributed by atoms with E-state index in [0.717, 1.165) is 22.8 Å². The molecule has 3 heteroatoms. The predicted molar refractivity (Wildman–Crippen MR) is 88.4 cm³/mol. The molecule has 0 bridgehead atoms. The Kier molecular flexibility index (Phi) is 4.69. The summed E-state index contributed by atoms with van der Waals surface area (Å²) in [6.45, 7) is 3.38. The van der Waals surface area contributed by atoms with Gasteiger partial charge in [0.1, 0.15) is 0 Å². The van der Waals surface area contributed by atoms with Gasteiger partial charge in [0.05, 0.1) is 5.69 Å². The van der Waals surface area contributed by atoms with E-state index >= 15 is 0 Å². The van der Waals surface area contributed by atoms with E-state index in [4.69, 9.17) is 11.6 Å². The first kappa shape index (κ1) is 14.3. The van der Waals surface area contributed by atoms with Gasteiger partial charge in [-0.05, 0) is 55.8 Å². The van der Waals surface area contributed by atoms with E-state index in [2.05, 4.69) is 34.2 Å². The molecule has 0 atom stereocenters. The van der Waals surface area contributed by atoms with E-state index in [1.54, 1.807) is 0 Å². The molecule has 1 aliphatic heterocycles. The van der Waals surface area contributed by atoms with Gasteiger partial charge in [-0.2, -0.15) is 0 Å². The van der Waals surface area contributed by atoms with Crippen molar-refractivity contribution in [3.8, 4) is 0 Å². The van der Waals surface area contributed by atoms with Crippen molar-refractivity contribution in [2.75, 3.05) is 19.6 Å². The van der Waals surface area contributed by atoms with Crippen LogP contribution in [0.3, 0.4) is 0 Å².